The topological polar surface area (TPSA) is 73.6 Å². The number of benzene rings is 3. The van der Waals surface area contributed by atoms with Crippen molar-refractivity contribution in [2.45, 2.75) is 26.3 Å². The molecular formula is C26H26N2O4. The summed E-state index contributed by atoms with van der Waals surface area (Å²) in [6.07, 6.45) is 0. The summed E-state index contributed by atoms with van der Waals surface area (Å²) < 4.78 is 12.5. The van der Waals surface area contributed by atoms with Gasteiger partial charge in [0.1, 0.15) is 5.75 Å². The lowest BCUT2D eigenvalue weighted by Crippen LogP contribution is -2.24. The summed E-state index contributed by atoms with van der Waals surface area (Å²) in [7, 11) is 3.13. The lowest BCUT2D eigenvalue weighted by atomic mass is 9.99. The largest absolute Gasteiger partial charge is 0.508 e. The summed E-state index contributed by atoms with van der Waals surface area (Å²) >= 11 is 0. The molecule has 0 aliphatic carbocycles. The minimum absolute atomic E-state index is 0.126. The van der Waals surface area contributed by atoms with Crippen LogP contribution in [0.25, 0.3) is 22.2 Å². The molecule has 0 amide bonds. The summed E-state index contributed by atoms with van der Waals surface area (Å²) in [6, 6.07) is 18.7. The average molecular weight is 431 g/mol. The zero-order chi connectivity index (χ0) is 22.8. The Morgan fingerprint density at radius 2 is 1.62 bits per heavy atom. The van der Waals surface area contributed by atoms with Crippen LogP contribution in [0.15, 0.2) is 65.5 Å². The fourth-order valence-electron chi connectivity index (χ4n) is 3.81. The highest BCUT2D eigenvalue weighted by atomic mass is 16.5. The number of nitrogens with zero attached hydrogens (tertiary/aromatic N) is 2. The second kappa shape index (κ2) is 8.75. The van der Waals surface area contributed by atoms with Crippen LogP contribution in [0.4, 0.5) is 0 Å². The van der Waals surface area contributed by atoms with Gasteiger partial charge in [-0.2, -0.15) is 4.98 Å². The van der Waals surface area contributed by atoms with Gasteiger partial charge in [-0.05, 0) is 23.6 Å². The van der Waals surface area contributed by atoms with E-state index < -0.39 is 5.69 Å². The van der Waals surface area contributed by atoms with Crippen LogP contribution in [0, 0.1) is 0 Å². The minimum atomic E-state index is -0.407. The highest BCUT2D eigenvalue weighted by molar-refractivity contribution is 5.94. The molecular weight excluding hydrogens is 404 g/mol. The Morgan fingerprint density at radius 1 is 0.969 bits per heavy atom. The zero-order valence-electron chi connectivity index (χ0n) is 18.6. The molecule has 0 saturated carbocycles. The molecule has 0 aliphatic rings. The van der Waals surface area contributed by atoms with Crippen LogP contribution in [0.5, 0.6) is 17.2 Å². The Morgan fingerprint density at radius 3 is 2.25 bits per heavy atom. The molecule has 32 heavy (non-hydrogen) atoms. The van der Waals surface area contributed by atoms with Crippen molar-refractivity contribution in [2.75, 3.05) is 14.2 Å². The molecule has 1 N–H and O–H groups in total. The molecule has 4 rings (SSSR count). The van der Waals surface area contributed by atoms with Gasteiger partial charge in [0.2, 0.25) is 0 Å². The van der Waals surface area contributed by atoms with Crippen molar-refractivity contribution in [3.63, 3.8) is 0 Å². The van der Waals surface area contributed by atoms with Crippen LogP contribution < -0.4 is 15.2 Å². The van der Waals surface area contributed by atoms with Crippen molar-refractivity contribution in [3.05, 3.63) is 82.3 Å². The predicted octanol–water partition coefficient (Wildman–Crippen LogP) is 4.96. The van der Waals surface area contributed by atoms with Crippen LogP contribution >= 0.6 is 0 Å². The Hall–Kier alpha value is -3.80. The fraction of sp³-hybridized carbons (Fsp3) is 0.231. The Kier molecular flexibility index (Phi) is 5.86. The molecule has 6 nitrogen and oxygen atoms in total. The second-order valence-electron chi connectivity index (χ2n) is 7.96. The van der Waals surface area contributed by atoms with Crippen LogP contribution in [0.1, 0.15) is 30.9 Å². The maximum atomic E-state index is 13.2. The van der Waals surface area contributed by atoms with Crippen molar-refractivity contribution in [1.82, 2.24) is 9.55 Å². The standard InChI is InChI=1S/C26H26N2O4/c1-16(2)17-9-11-18(12-10-17)25-20-13-23(31-3)24(32-4)14-21(20)28(26(30)27-25)15-19-7-5-6-8-22(19)29/h5-14,16,29H,15H2,1-4H3. The van der Waals surface area contributed by atoms with Crippen molar-refractivity contribution in [1.29, 1.82) is 0 Å². The first kappa shape index (κ1) is 21.4. The molecule has 0 fully saturated rings. The van der Waals surface area contributed by atoms with Gasteiger partial charge in [0.05, 0.1) is 32.0 Å². The van der Waals surface area contributed by atoms with E-state index in [0.29, 0.717) is 34.2 Å². The molecule has 6 heteroatoms. The highest BCUT2D eigenvalue weighted by Gasteiger charge is 2.17. The van der Waals surface area contributed by atoms with Crippen LogP contribution in [0.2, 0.25) is 0 Å². The molecule has 0 spiro atoms. The summed E-state index contributed by atoms with van der Waals surface area (Å²) in [5.74, 6) is 1.60. The monoisotopic (exact) mass is 430 g/mol. The predicted molar refractivity (Wildman–Crippen MR) is 126 cm³/mol. The Labute approximate surface area is 186 Å². The maximum absolute atomic E-state index is 13.2. The number of aromatic nitrogens is 2. The first-order chi connectivity index (χ1) is 15.4. The van der Waals surface area contributed by atoms with Crippen molar-refractivity contribution >= 4 is 10.9 Å². The van der Waals surface area contributed by atoms with Gasteiger partial charge in [-0.25, -0.2) is 4.79 Å². The number of methoxy groups -OCH3 is 2. The molecule has 0 atom stereocenters. The smallest absolute Gasteiger partial charge is 0.348 e. The van der Waals surface area contributed by atoms with Crippen LogP contribution in [0.3, 0.4) is 0 Å². The second-order valence-corrected chi connectivity index (χ2v) is 7.96. The summed E-state index contributed by atoms with van der Waals surface area (Å²) in [5.41, 5.74) is 3.50. The molecule has 4 aromatic rings. The van der Waals surface area contributed by atoms with E-state index in [1.54, 1.807) is 43.1 Å². The minimum Gasteiger partial charge on any atom is -0.508 e. The summed E-state index contributed by atoms with van der Waals surface area (Å²) in [5, 5.41) is 11.0. The van der Waals surface area contributed by atoms with Gasteiger partial charge in [-0.1, -0.05) is 56.3 Å². The quantitative estimate of drug-likeness (QED) is 0.468. The molecule has 0 saturated heterocycles. The molecule has 0 unspecified atom stereocenters. The first-order valence-electron chi connectivity index (χ1n) is 10.5. The van der Waals surface area contributed by atoms with E-state index in [4.69, 9.17) is 9.47 Å². The fourth-order valence-corrected chi connectivity index (χ4v) is 3.81. The number of para-hydroxylation sites is 1. The first-order valence-corrected chi connectivity index (χ1v) is 10.5. The Bertz CT molecular complexity index is 1320. The van der Waals surface area contributed by atoms with Gasteiger partial charge >= 0.3 is 5.69 Å². The number of ether oxygens (including phenoxy) is 2. The van der Waals surface area contributed by atoms with E-state index in [-0.39, 0.29) is 12.3 Å². The SMILES string of the molecule is COc1cc2c(-c3ccc(C(C)C)cc3)nc(=O)n(Cc3ccccc3O)c2cc1OC. The lowest BCUT2D eigenvalue weighted by Gasteiger charge is -2.17. The molecule has 0 bridgehead atoms. The maximum Gasteiger partial charge on any atom is 0.348 e. The van der Waals surface area contributed by atoms with E-state index in [9.17, 15) is 9.90 Å². The van der Waals surface area contributed by atoms with Crippen molar-refractivity contribution in [3.8, 4) is 28.5 Å². The number of hydrogen-bond acceptors (Lipinski definition) is 5. The zero-order valence-corrected chi connectivity index (χ0v) is 18.6. The number of hydrogen-bond donors (Lipinski definition) is 1. The van der Waals surface area contributed by atoms with Crippen LogP contribution in [-0.4, -0.2) is 28.9 Å². The highest BCUT2D eigenvalue weighted by Crippen LogP contribution is 2.36. The Balaban J connectivity index is 1.98. The van der Waals surface area contributed by atoms with E-state index in [0.717, 1.165) is 10.9 Å². The number of phenolic OH excluding ortho intramolecular Hbond substituents is 1. The van der Waals surface area contributed by atoms with E-state index in [1.165, 1.54) is 5.56 Å². The molecule has 1 heterocycles. The molecule has 0 radical (unpaired) electrons. The molecule has 0 aliphatic heterocycles. The number of rotatable bonds is 6. The summed E-state index contributed by atoms with van der Waals surface area (Å²) in [6.45, 7) is 4.46. The van der Waals surface area contributed by atoms with Gasteiger partial charge in [0.15, 0.2) is 11.5 Å². The van der Waals surface area contributed by atoms with Gasteiger partial charge in [0, 0.05) is 22.6 Å². The average Bonchev–Trinajstić information content (AvgIpc) is 2.81. The third kappa shape index (κ3) is 3.91. The van der Waals surface area contributed by atoms with Crippen molar-refractivity contribution in [2.24, 2.45) is 0 Å². The summed E-state index contributed by atoms with van der Waals surface area (Å²) in [4.78, 5) is 17.6. The molecule has 164 valence electrons. The van der Waals surface area contributed by atoms with Gasteiger partial charge in [-0.15, -0.1) is 0 Å². The normalized spacial score (nSPS) is 11.2. The van der Waals surface area contributed by atoms with Gasteiger partial charge in [-0.3, -0.25) is 4.57 Å². The number of aromatic hydroxyl groups is 1. The third-order valence-corrected chi connectivity index (χ3v) is 5.66. The lowest BCUT2D eigenvalue weighted by molar-refractivity contribution is 0.355. The van der Waals surface area contributed by atoms with Gasteiger partial charge < -0.3 is 14.6 Å². The van der Waals surface area contributed by atoms with Gasteiger partial charge in [0.25, 0.3) is 0 Å². The van der Waals surface area contributed by atoms with E-state index in [1.807, 2.05) is 24.3 Å². The number of phenols is 1. The van der Waals surface area contributed by atoms with Crippen molar-refractivity contribution < 1.29 is 14.6 Å². The molecule has 3 aromatic carbocycles. The molecule has 1 aromatic heterocycles. The number of fused-ring (bicyclic) bond motifs is 1. The van der Waals surface area contributed by atoms with E-state index >= 15 is 0 Å². The van der Waals surface area contributed by atoms with Crippen LogP contribution in [-0.2, 0) is 6.54 Å². The van der Waals surface area contributed by atoms with E-state index in [2.05, 4.69) is 31.0 Å². The third-order valence-electron chi connectivity index (χ3n) is 5.66.